The zero-order chi connectivity index (χ0) is 23.4. The number of anilines is 1. The molecule has 1 atom stereocenters. The fourth-order valence-electron chi connectivity index (χ4n) is 3.61. The molecule has 1 amide bonds. The Kier molecular flexibility index (Phi) is 6.63. The first-order chi connectivity index (χ1) is 15.8. The molecule has 0 spiro atoms. The highest BCUT2D eigenvalue weighted by Gasteiger charge is 2.30. The topological polar surface area (TPSA) is 105 Å². The second-order valence-electron chi connectivity index (χ2n) is 7.82. The number of hydrogen-bond acceptors (Lipinski definition) is 7. The van der Waals surface area contributed by atoms with E-state index in [9.17, 15) is 23.1 Å². The summed E-state index contributed by atoms with van der Waals surface area (Å²) in [6.07, 6.45) is -2.58. The minimum Gasteiger partial charge on any atom is -0.491 e. The summed E-state index contributed by atoms with van der Waals surface area (Å²) in [6, 6.07) is 7.92. The fourth-order valence-corrected chi connectivity index (χ4v) is 3.61. The minimum absolute atomic E-state index is 0.00840. The third kappa shape index (κ3) is 5.69. The Bertz CT molecular complexity index is 1080. The maximum absolute atomic E-state index is 12.6. The number of carbonyl (C=O) groups excluding carboxylic acids is 1. The number of fused-ring (bicyclic) bond motifs is 1. The van der Waals surface area contributed by atoms with E-state index in [1.165, 1.54) is 18.5 Å². The van der Waals surface area contributed by atoms with Gasteiger partial charge in [0, 0.05) is 25.6 Å². The van der Waals surface area contributed by atoms with Crippen molar-refractivity contribution in [3.63, 3.8) is 0 Å². The van der Waals surface area contributed by atoms with Crippen molar-refractivity contribution in [1.29, 1.82) is 0 Å². The maximum Gasteiger partial charge on any atom is 0.416 e. The maximum atomic E-state index is 12.6. The summed E-state index contributed by atoms with van der Waals surface area (Å²) in [6.45, 7) is 1.17. The minimum atomic E-state index is -4.42. The summed E-state index contributed by atoms with van der Waals surface area (Å²) in [5.41, 5.74) is -0.113. The van der Waals surface area contributed by atoms with Gasteiger partial charge in [-0.05, 0) is 49.2 Å². The van der Waals surface area contributed by atoms with E-state index in [4.69, 9.17) is 4.74 Å². The number of halogens is 3. The lowest BCUT2D eigenvalue weighted by atomic mass is 9.96. The van der Waals surface area contributed by atoms with Crippen LogP contribution in [0.4, 0.5) is 19.0 Å². The summed E-state index contributed by atoms with van der Waals surface area (Å²) >= 11 is 0. The molecular weight excluding hydrogens is 441 g/mol. The third-order valence-corrected chi connectivity index (χ3v) is 5.47. The van der Waals surface area contributed by atoms with Crippen LogP contribution in [-0.2, 0) is 11.0 Å². The van der Waals surface area contributed by atoms with Crippen molar-refractivity contribution < 1.29 is 27.8 Å². The predicted molar refractivity (Wildman–Crippen MR) is 112 cm³/mol. The SMILES string of the molecule is O=C(NCC(O)COc1ccc(C(F)(F)F)cc1)C1CCN(c2ccc3nncn3n2)CC1. The molecule has 12 heteroatoms. The number of nitrogens with zero attached hydrogens (tertiary/aromatic N) is 5. The molecule has 9 nitrogen and oxygen atoms in total. The molecule has 1 unspecified atom stereocenters. The summed E-state index contributed by atoms with van der Waals surface area (Å²) in [5.74, 6) is 0.671. The van der Waals surface area contributed by atoms with Gasteiger partial charge in [0.05, 0.1) is 5.56 Å². The lowest BCUT2D eigenvalue weighted by Gasteiger charge is -2.32. The summed E-state index contributed by atoms with van der Waals surface area (Å²) in [4.78, 5) is 14.6. The van der Waals surface area contributed by atoms with Crippen LogP contribution in [0, 0.1) is 5.92 Å². The van der Waals surface area contributed by atoms with Gasteiger partial charge in [0.2, 0.25) is 5.91 Å². The van der Waals surface area contributed by atoms with E-state index in [2.05, 4.69) is 25.5 Å². The van der Waals surface area contributed by atoms with Crippen molar-refractivity contribution in [1.82, 2.24) is 25.1 Å². The highest BCUT2D eigenvalue weighted by molar-refractivity contribution is 5.79. The predicted octanol–water partition coefficient (Wildman–Crippen LogP) is 1.92. The van der Waals surface area contributed by atoms with E-state index >= 15 is 0 Å². The zero-order valence-electron chi connectivity index (χ0n) is 17.6. The average molecular weight is 464 g/mol. The van der Waals surface area contributed by atoms with E-state index < -0.39 is 17.8 Å². The highest BCUT2D eigenvalue weighted by Crippen LogP contribution is 2.30. The molecular formula is C21H23F3N6O3. The average Bonchev–Trinajstić information content (AvgIpc) is 3.29. The molecule has 2 N–H and O–H groups in total. The number of aliphatic hydroxyl groups excluding tert-OH is 1. The first-order valence-electron chi connectivity index (χ1n) is 10.5. The number of ether oxygens (including phenoxy) is 1. The number of alkyl halides is 3. The molecule has 0 radical (unpaired) electrons. The Morgan fingerprint density at radius 1 is 1.18 bits per heavy atom. The molecule has 3 aromatic rings. The number of aromatic nitrogens is 4. The van der Waals surface area contributed by atoms with Gasteiger partial charge in [-0.15, -0.1) is 15.3 Å². The summed E-state index contributed by atoms with van der Waals surface area (Å²) in [7, 11) is 0. The largest absolute Gasteiger partial charge is 0.491 e. The number of benzene rings is 1. The Balaban J connectivity index is 1.18. The number of hydrogen-bond donors (Lipinski definition) is 2. The Morgan fingerprint density at radius 3 is 2.61 bits per heavy atom. The smallest absolute Gasteiger partial charge is 0.416 e. The molecule has 1 aromatic carbocycles. The van der Waals surface area contributed by atoms with E-state index in [-0.39, 0.29) is 30.7 Å². The van der Waals surface area contributed by atoms with E-state index in [0.29, 0.717) is 31.6 Å². The lowest BCUT2D eigenvalue weighted by Crippen LogP contribution is -2.43. The first-order valence-corrected chi connectivity index (χ1v) is 10.5. The molecule has 0 saturated carbocycles. The van der Waals surface area contributed by atoms with Gasteiger partial charge in [0.15, 0.2) is 5.65 Å². The van der Waals surface area contributed by atoms with Gasteiger partial charge < -0.3 is 20.1 Å². The normalized spacial score (nSPS) is 16.1. The Labute approximate surface area is 187 Å². The van der Waals surface area contributed by atoms with Gasteiger partial charge in [-0.2, -0.15) is 17.7 Å². The number of rotatable bonds is 7. The molecule has 4 rings (SSSR count). The van der Waals surface area contributed by atoms with Crippen molar-refractivity contribution in [3.8, 4) is 5.75 Å². The molecule has 1 aliphatic heterocycles. The molecule has 1 fully saturated rings. The van der Waals surface area contributed by atoms with Gasteiger partial charge >= 0.3 is 6.18 Å². The van der Waals surface area contributed by atoms with Crippen molar-refractivity contribution >= 4 is 17.4 Å². The van der Waals surface area contributed by atoms with Gasteiger partial charge in [-0.3, -0.25) is 4.79 Å². The first kappa shape index (κ1) is 22.8. The van der Waals surface area contributed by atoms with Crippen LogP contribution in [0.15, 0.2) is 42.7 Å². The van der Waals surface area contributed by atoms with Gasteiger partial charge in [-0.1, -0.05) is 0 Å². The molecule has 0 bridgehead atoms. The number of piperidine rings is 1. The molecule has 3 heterocycles. The lowest BCUT2D eigenvalue weighted by molar-refractivity contribution is -0.137. The number of nitrogens with one attached hydrogen (secondary N) is 1. The third-order valence-electron chi connectivity index (χ3n) is 5.47. The Morgan fingerprint density at radius 2 is 1.91 bits per heavy atom. The van der Waals surface area contributed by atoms with Crippen LogP contribution in [0.3, 0.4) is 0 Å². The molecule has 0 aliphatic carbocycles. The van der Waals surface area contributed by atoms with Crippen molar-refractivity contribution in [2.75, 3.05) is 31.1 Å². The van der Waals surface area contributed by atoms with Crippen molar-refractivity contribution in [3.05, 3.63) is 48.3 Å². The number of aliphatic hydroxyl groups is 1. The van der Waals surface area contributed by atoms with Crippen LogP contribution < -0.4 is 15.0 Å². The van der Waals surface area contributed by atoms with Crippen LogP contribution in [0.25, 0.3) is 5.65 Å². The van der Waals surface area contributed by atoms with Crippen LogP contribution in [0.1, 0.15) is 18.4 Å². The number of carbonyl (C=O) groups is 1. The highest BCUT2D eigenvalue weighted by atomic mass is 19.4. The second kappa shape index (κ2) is 9.61. The second-order valence-corrected chi connectivity index (χ2v) is 7.82. The summed E-state index contributed by atoms with van der Waals surface area (Å²) < 4.78 is 44.7. The van der Waals surface area contributed by atoms with E-state index in [1.807, 2.05) is 12.1 Å². The van der Waals surface area contributed by atoms with Crippen LogP contribution >= 0.6 is 0 Å². The van der Waals surface area contributed by atoms with E-state index in [1.54, 1.807) is 4.52 Å². The molecule has 2 aromatic heterocycles. The zero-order valence-corrected chi connectivity index (χ0v) is 17.6. The molecule has 33 heavy (non-hydrogen) atoms. The van der Waals surface area contributed by atoms with Crippen LogP contribution in [-0.4, -0.2) is 63.2 Å². The monoisotopic (exact) mass is 464 g/mol. The standard InChI is InChI=1S/C21H23F3N6O3/c22-21(23,24)15-1-3-17(4-2-15)33-12-16(31)11-25-20(32)14-7-9-29(10-8-14)19-6-5-18-27-26-13-30(18)28-19/h1-6,13-14,16,31H,7-12H2,(H,25,32). The van der Waals surface area contributed by atoms with Crippen LogP contribution in [0.5, 0.6) is 5.75 Å². The van der Waals surface area contributed by atoms with E-state index in [0.717, 1.165) is 18.0 Å². The quantitative estimate of drug-likeness (QED) is 0.551. The molecule has 1 saturated heterocycles. The number of amides is 1. The Hall–Kier alpha value is -3.41. The van der Waals surface area contributed by atoms with Crippen LogP contribution in [0.2, 0.25) is 0 Å². The van der Waals surface area contributed by atoms with Crippen molar-refractivity contribution in [2.45, 2.75) is 25.1 Å². The van der Waals surface area contributed by atoms with Crippen molar-refractivity contribution in [2.24, 2.45) is 5.92 Å². The summed E-state index contributed by atoms with van der Waals surface area (Å²) in [5, 5.41) is 25.0. The van der Waals surface area contributed by atoms with Gasteiger partial charge in [-0.25, -0.2) is 0 Å². The molecule has 1 aliphatic rings. The van der Waals surface area contributed by atoms with Gasteiger partial charge in [0.1, 0.15) is 30.6 Å². The van der Waals surface area contributed by atoms with Gasteiger partial charge in [0.25, 0.3) is 0 Å². The molecule has 176 valence electrons. The fraction of sp³-hybridized carbons (Fsp3) is 0.429.